The van der Waals surface area contributed by atoms with Gasteiger partial charge in [0.25, 0.3) is 0 Å². The zero-order chi connectivity index (χ0) is 28.3. The van der Waals surface area contributed by atoms with E-state index in [0.29, 0.717) is 16.9 Å². The molecule has 0 bridgehead atoms. The summed E-state index contributed by atoms with van der Waals surface area (Å²) in [5.41, 5.74) is 7.52. The van der Waals surface area contributed by atoms with Gasteiger partial charge in [0.15, 0.2) is 0 Å². The van der Waals surface area contributed by atoms with E-state index in [1.165, 1.54) is 7.11 Å². The summed E-state index contributed by atoms with van der Waals surface area (Å²) in [5.74, 6) is 0.472. The molecule has 0 aliphatic rings. The van der Waals surface area contributed by atoms with Gasteiger partial charge in [0, 0.05) is 5.41 Å². The van der Waals surface area contributed by atoms with E-state index in [9.17, 15) is 9.59 Å². The summed E-state index contributed by atoms with van der Waals surface area (Å²) in [4.78, 5) is 24.7. The molecule has 0 heterocycles. The monoisotopic (exact) mass is 522 g/mol. The lowest BCUT2D eigenvalue weighted by atomic mass is 9.70. The molecule has 39 heavy (non-hydrogen) atoms. The normalized spacial score (nSPS) is 12.4. The molecule has 0 aliphatic carbocycles. The van der Waals surface area contributed by atoms with Crippen LogP contribution in [0.2, 0.25) is 0 Å². The molecule has 0 saturated carbocycles. The van der Waals surface area contributed by atoms with E-state index < -0.39 is 17.4 Å². The molecular formula is C34H34O5. The second kappa shape index (κ2) is 11.2. The summed E-state index contributed by atoms with van der Waals surface area (Å²) in [6.07, 6.45) is 0. The summed E-state index contributed by atoms with van der Waals surface area (Å²) in [5, 5.41) is 0. The number of rotatable bonds is 7. The molecule has 0 radical (unpaired) electrons. The van der Waals surface area contributed by atoms with Crippen LogP contribution >= 0.6 is 0 Å². The molecule has 4 rings (SSSR count). The molecule has 4 aromatic rings. The maximum atomic E-state index is 13.0. The number of hydrogen-bond donors (Lipinski definition) is 0. The van der Waals surface area contributed by atoms with Crippen LogP contribution in [0.5, 0.6) is 11.5 Å². The quantitative estimate of drug-likeness (QED) is 0.145. The number of carbonyl (C=O) groups excluding carboxylic acids is 2. The molecule has 0 fully saturated rings. The topological polar surface area (TPSA) is 61.8 Å². The average molecular weight is 523 g/mol. The van der Waals surface area contributed by atoms with Gasteiger partial charge < -0.3 is 14.2 Å². The Kier molecular flexibility index (Phi) is 7.91. The Morgan fingerprint density at radius 3 is 1.46 bits per heavy atom. The molecular weight excluding hydrogens is 488 g/mol. The predicted octanol–water partition coefficient (Wildman–Crippen LogP) is 7.29. The Labute approximate surface area is 230 Å². The minimum atomic E-state index is -0.488. The highest BCUT2D eigenvalue weighted by atomic mass is 16.5. The van der Waals surface area contributed by atoms with Gasteiger partial charge in [0.2, 0.25) is 0 Å². The number of benzene rings is 4. The van der Waals surface area contributed by atoms with E-state index in [-0.39, 0.29) is 0 Å². The van der Waals surface area contributed by atoms with Gasteiger partial charge >= 0.3 is 11.9 Å². The Hall–Kier alpha value is -4.38. The Balaban J connectivity index is 1.76. The van der Waals surface area contributed by atoms with Gasteiger partial charge in [-0.25, -0.2) is 9.59 Å². The Morgan fingerprint density at radius 1 is 0.590 bits per heavy atom. The molecule has 0 aromatic heterocycles. The van der Waals surface area contributed by atoms with Crippen molar-refractivity contribution in [3.8, 4) is 11.5 Å². The van der Waals surface area contributed by atoms with Gasteiger partial charge in [-0.2, -0.15) is 0 Å². The van der Waals surface area contributed by atoms with Crippen LogP contribution in [0, 0.1) is 27.7 Å². The second-order valence-corrected chi connectivity index (χ2v) is 10.0. The van der Waals surface area contributed by atoms with Crippen molar-refractivity contribution in [1.82, 2.24) is 0 Å². The molecule has 5 nitrogen and oxygen atoms in total. The third kappa shape index (κ3) is 5.30. The van der Waals surface area contributed by atoms with Crippen LogP contribution in [-0.4, -0.2) is 26.2 Å². The number of esters is 2. The number of methoxy groups -OCH3 is 2. The van der Waals surface area contributed by atoms with E-state index in [1.807, 2.05) is 19.9 Å². The van der Waals surface area contributed by atoms with Gasteiger partial charge in [-0.3, -0.25) is 0 Å². The standard InChI is InChI=1S/C34H34O5/c1-21-17-28(18-22(2)30(21)37-6)34(5,27-11-9-8-10-12-27)29-19-23(3)31(24(4)20-29)39-33(36)26-15-13-25(14-16-26)32(35)38-7/h8-20H,1-7H3. The number of aryl methyl sites for hydroxylation is 4. The van der Waals surface area contributed by atoms with Gasteiger partial charge in [-0.1, -0.05) is 54.6 Å². The van der Waals surface area contributed by atoms with E-state index in [1.54, 1.807) is 31.4 Å². The largest absolute Gasteiger partial charge is 0.496 e. The van der Waals surface area contributed by atoms with Gasteiger partial charge in [0.1, 0.15) is 11.5 Å². The van der Waals surface area contributed by atoms with E-state index in [4.69, 9.17) is 14.2 Å². The Morgan fingerprint density at radius 2 is 1.03 bits per heavy atom. The van der Waals surface area contributed by atoms with Crippen LogP contribution in [0.3, 0.4) is 0 Å². The molecule has 1 atom stereocenters. The highest BCUT2D eigenvalue weighted by Crippen LogP contribution is 2.43. The van der Waals surface area contributed by atoms with Crippen LogP contribution < -0.4 is 9.47 Å². The lowest BCUT2D eigenvalue weighted by Gasteiger charge is -2.34. The molecule has 1 unspecified atom stereocenters. The number of ether oxygens (including phenoxy) is 3. The highest BCUT2D eigenvalue weighted by molar-refractivity contribution is 5.94. The fourth-order valence-corrected chi connectivity index (χ4v) is 5.24. The second-order valence-electron chi connectivity index (χ2n) is 10.0. The first-order valence-corrected chi connectivity index (χ1v) is 12.8. The SMILES string of the molecule is COC(=O)c1ccc(C(=O)Oc2c(C)cc(C(C)(c3ccccc3)c3cc(C)c(OC)c(C)c3)cc2C)cc1. The summed E-state index contributed by atoms with van der Waals surface area (Å²) in [6.45, 7) is 10.3. The van der Waals surface area contributed by atoms with Crippen LogP contribution in [-0.2, 0) is 10.2 Å². The van der Waals surface area contributed by atoms with Crippen molar-refractivity contribution in [2.75, 3.05) is 14.2 Å². The first-order chi connectivity index (χ1) is 18.6. The molecule has 0 amide bonds. The molecule has 0 N–H and O–H groups in total. The van der Waals surface area contributed by atoms with Crippen LogP contribution in [0.4, 0.5) is 0 Å². The van der Waals surface area contributed by atoms with Gasteiger partial charge in [-0.05, 0) is 97.8 Å². The molecule has 5 heteroatoms. The smallest absolute Gasteiger partial charge is 0.343 e. The fourth-order valence-electron chi connectivity index (χ4n) is 5.24. The van der Waals surface area contributed by atoms with Crippen molar-refractivity contribution in [3.05, 3.63) is 129 Å². The van der Waals surface area contributed by atoms with E-state index in [2.05, 4.69) is 69.3 Å². The van der Waals surface area contributed by atoms with E-state index in [0.717, 1.165) is 44.7 Å². The van der Waals surface area contributed by atoms with E-state index >= 15 is 0 Å². The third-order valence-corrected chi connectivity index (χ3v) is 7.37. The van der Waals surface area contributed by atoms with Crippen LogP contribution in [0.25, 0.3) is 0 Å². The zero-order valence-corrected chi connectivity index (χ0v) is 23.5. The number of carbonyl (C=O) groups is 2. The molecule has 4 aromatic carbocycles. The van der Waals surface area contributed by atoms with Crippen molar-refractivity contribution in [3.63, 3.8) is 0 Å². The molecule has 0 saturated heterocycles. The number of hydrogen-bond acceptors (Lipinski definition) is 5. The lowest BCUT2D eigenvalue weighted by Crippen LogP contribution is -2.26. The van der Waals surface area contributed by atoms with Crippen LogP contribution in [0.1, 0.15) is 66.6 Å². The highest BCUT2D eigenvalue weighted by Gasteiger charge is 2.33. The van der Waals surface area contributed by atoms with Gasteiger partial charge in [-0.15, -0.1) is 0 Å². The molecule has 0 aliphatic heterocycles. The summed E-state index contributed by atoms with van der Waals surface area (Å²) in [6, 6.07) is 25.2. The lowest BCUT2D eigenvalue weighted by molar-refractivity contribution is 0.0599. The minimum absolute atomic E-state index is 0.351. The fraction of sp³-hybridized carbons (Fsp3) is 0.235. The third-order valence-electron chi connectivity index (χ3n) is 7.37. The van der Waals surface area contributed by atoms with Crippen molar-refractivity contribution < 1.29 is 23.8 Å². The Bertz CT molecular complexity index is 1470. The summed E-state index contributed by atoms with van der Waals surface area (Å²) < 4.78 is 16.2. The maximum absolute atomic E-state index is 13.0. The maximum Gasteiger partial charge on any atom is 0.343 e. The van der Waals surface area contributed by atoms with Crippen molar-refractivity contribution in [2.24, 2.45) is 0 Å². The minimum Gasteiger partial charge on any atom is -0.496 e. The molecule has 200 valence electrons. The predicted molar refractivity (Wildman–Crippen MR) is 153 cm³/mol. The molecule has 0 spiro atoms. The zero-order valence-electron chi connectivity index (χ0n) is 23.5. The van der Waals surface area contributed by atoms with Crippen molar-refractivity contribution in [2.45, 2.75) is 40.0 Å². The van der Waals surface area contributed by atoms with Crippen molar-refractivity contribution in [1.29, 1.82) is 0 Å². The summed E-state index contributed by atoms with van der Waals surface area (Å²) in [7, 11) is 3.02. The first kappa shape index (κ1) is 27.6. The average Bonchev–Trinajstić information content (AvgIpc) is 2.94. The summed E-state index contributed by atoms with van der Waals surface area (Å²) >= 11 is 0. The van der Waals surface area contributed by atoms with Crippen LogP contribution in [0.15, 0.2) is 78.9 Å². The first-order valence-electron chi connectivity index (χ1n) is 12.8. The van der Waals surface area contributed by atoms with Gasteiger partial charge in [0.05, 0.1) is 25.3 Å². The van der Waals surface area contributed by atoms with Crippen molar-refractivity contribution >= 4 is 11.9 Å².